The van der Waals surface area contributed by atoms with Gasteiger partial charge < -0.3 is 14.6 Å². The zero-order valence-electron chi connectivity index (χ0n) is 14.6. The Hall–Kier alpha value is -1.92. The van der Waals surface area contributed by atoms with Crippen molar-refractivity contribution in [3.8, 4) is 5.75 Å². The first-order chi connectivity index (χ1) is 12.0. The average molecular weight is 347 g/mol. The quantitative estimate of drug-likeness (QED) is 0.762. The Morgan fingerprint density at radius 2 is 1.88 bits per heavy atom. The van der Waals surface area contributed by atoms with Crippen molar-refractivity contribution in [1.29, 1.82) is 0 Å². The molecule has 0 unspecified atom stereocenters. The average Bonchev–Trinajstić information content (AvgIpc) is 3.17. The second-order valence-electron chi connectivity index (χ2n) is 6.99. The van der Waals surface area contributed by atoms with Crippen LogP contribution in [0.1, 0.15) is 37.7 Å². The highest BCUT2D eigenvalue weighted by Crippen LogP contribution is 2.46. The van der Waals surface area contributed by atoms with E-state index < -0.39 is 11.5 Å². The third-order valence-corrected chi connectivity index (χ3v) is 5.18. The number of aliphatic hydroxyl groups is 1. The van der Waals surface area contributed by atoms with Gasteiger partial charge in [-0.15, -0.1) is 0 Å². The lowest BCUT2D eigenvalue weighted by atomic mass is 9.84. The summed E-state index contributed by atoms with van der Waals surface area (Å²) in [5.41, 5.74) is 0.479. The van der Waals surface area contributed by atoms with Crippen LogP contribution in [0, 0.1) is 5.41 Å². The molecule has 3 rings (SSSR count). The topological polar surface area (TPSA) is 76.1 Å². The van der Waals surface area contributed by atoms with E-state index in [1.54, 1.807) is 7.11 Å². The highest BCUT2D eigenvalue weighted by Gasteiger charge is 2.52. The highest BCUT2D eigenvalue weighted by atomic mass is 16.5. The number of methoxy groups -OCH3 is 1. The van der Waals surface area contributed by atoms with E-state index >= 15 is 0 Å². The zero-order valence-corrected chi connectivity index (χ0v) is 14.6. The minimum Gasteiger partial charge on any atom is -0.497 e. The van der Waals surface area contributed by atoms with Gasteiger partial charge in [0.15, 0.2) is 0 Å². The van der Waals surface area contributed by atoms with Gasteiger partial charge in [0.2, 0.25) is 11.8 Å². The van der Waals surface area contributed by atoms with Crippen LogP contribution >= 0.6 is 0 Å². The van der Waals surface area contributed by atoms with Gasteiger partial charge >= 0.3 is 0 Å². The van der Waals surface area contributed by atoms with Gasteiger partial charge in [0.1, 0.15) is 5.75 Å². The number of hydrogen-bond acceptors (Lipinski definition) is 5. The van der Waals surface area contributed by atoms with Crippen molar-refractivity contribution in [3.63, 3.8) is 0 Å². The molecule has 6 nitrogen and oxygen atoms in total. The summed E-state index contributed by atoms with van der Waals surface area (Å²) in [6, 6.07) is 7.47. The van der Waals surface area contributed by atoms with Gasteiger partial charge in [-0.3, -0.25) is 14.5 Å². The van der Waals surface area contributed by atoms with Crippen molar-refractivity contribution < 1.29 is 24.2 Å². The maximum atomic E-state index is 12.6. The van der Waals surface area contributed by atoms with Crippen LogP contribution in [0.25, 0.3) is 0 Å². The Balaban J connectivity index is 1.46. The summed E-state index contributed by atoms with van der Waals surface area (Å²) in [6.45, 7) is 0.449. The first-order valence-corrected chi connectivity index (χ1v) is 8.78. The molecule has 0 aromatic heterocycles. The number of imide groups is 1. The standard InChI is InChI=1S/C19H25NO5/c1-24-16-6-4-14(5-7-16)12-25-13-15(21)11-20-17(22)10-19(18(20)23)8-2-3-9-19/h4-7,15,21H,2-3,8-13H2,1H3/t15-/m0/s1. The number of amides is 2. The van der Waals surface area contributed by atoms with E-state index in [9.17, 15) is 14.7 Å². The first-order valence-electron chi connectivity index (χ1n) is 8.78. The van der Waals surface area contributed by atoms with Gasteiger partial charge in [0, 0.05) is 6.42 Å². The van der Waals surface area contributed by atoms with Crippen molar-refractivity contribution in [1.82, 2.24) is 4.90 Å². The van der Waals surface area contributed by atoms with Crippen molar-refractivity contribution >= 4 is 11.8 Å². The third kappa shape index (κ3) is 3.85. The molecule has 2 aliphatic rings. The van der Waals surface area contributed by atoms with Crippen molar-refractivity contribution in [2.75, 3.05) is 20.3 Å². The maximum Gasteiger partial charge on any atom is 0.235 e. The zero-order chi connectivity index (χ0) is 17.9. The molecule has 1 saturated carbocycles. The fourth-order valence-corrected chi connectivity index (χ4v) is 3.79. The molecule has 136 valence electrons. The lowest BCUT2D eigenvalue weighted by molar-refractivity contribution is -0.143. The number of carbonyl (C=O) groups is 2. The molecule has 0 bridgehead atoms. The van der Waals surface area contributed by atoms with E-state index in [2.05, 4.69) is 0 Å². The van der Waals surface area contributed by atoms with E-state index in [0.29, 0.717) is 13.0 Å². The summed E-state index contributed by atoms with van der Waals surface area (Å²) >= 11 is 0. The molecule has 25 heavy (non-hydrogen) atoms. The van der Waals surface area contributed by atoms with Crippen molar-refractivity contribution in [3.05, 3.63) is 29.8 Å². The van der Waals surface area contributed by atoms with Crippen LogP contribution in [-0.4, -0.2) is 48.2 Å². The molecule has 1 spiro atoms. The van der Waals surface area contributed by atoms with Crippen LogP contribution in [0.3, 0.4) is 0 Å². The Bertz CT molecular complexity index is 621. The molecule has 2 fully saturated rings. The molecule has 1 aromatic rings. The van der Waals surface area contributed by atoms with E-state index in [4.69, 9.17) is 9.47 Å². The van der Waals surface area contributed by atoms with Crippen LogP contribution in [0.5, 0.6) is 5.75 Å². The molecule has 1 aromatic carbocycles. The lowest BCUT2D eigenvalue weighted by Gasteiger charge is -2.22. The molecule has 1 aliphatic carbocycles. The normalized spacial score (nSPS) is 20.5. The number of carbonyl (C=O) groups excluding carboxylic acids is 2. The predicted molar refractivity (Wildman–Crippen MR) is 90.9 cm³/mol. The first kappa shape index (κ1) is 17.9. The van der Waals surface area contributed by atoms with Crippen LogP contribution in [0.15, 0.2) is 24.3 Å². The number of β-amino-alcohol motifs (C(OH)–C–C–N with tert-alkyl or cyclic N) is 1. The van der Waals surface area contributed by atoms with Gasteiger partial charge in [-0.25, -0.2) is 0 Å². The molecule has 2 amide bonds. The second-order valence-corrected chi connectivity index (χ2v) is 6.99. The monoisotopic (exact) mass is 347 g/mol. The van der Waals surface area contributed by atoms with Gasteiger partial charge in [0.25, 0.3) is 0 Å². The van der Waals surface area contributed by atoms with Gasteiger partial charge in [0.05, 0.1) is 38.4 Å². The predicted octanol–water partition coefficient (Wildman–Crippen LogP) is 1.89. The summed E-state index contributed by atoms with van der Waals surface area (Å²) < 4.78 is 10.6. The molecule has 1 saturated heterocycles. The SMILES string of the molecule is COc1ccc(COC[C@@H](O)CN2C(=O)CC3(CCCC3)C2=O)cc1. The van der Waals surface area contributed by atoms with Gasteiger partial charge in [-0.05, 0) is 30.5 Å². The van der Waals surface area contributed by atoms with Crippen LogP contribution in [0.2, 0.25) is 0 Å². The van der Waals surface area contributed by atoms with E-state index in [0.717, 1.165) is 37.0 Å². The van der Waals surface area contributed by atoms with Gasteiger partial charge in [-0.1, -0.05) is 25.0 Å². The number of rotatable bonds is 7. The molecule has 1 heterocycles. The Morgan fingerprint density at radius 1 is 1.20 bits per heavy atom. The Kier molecular flexibility index (Phi) is 5.39. The largest absolute Gasteiger partial charge is 0.497 e. The number of likely N-dealkylation sites (tertiary alicyclic amines) is 1. The van der Waals surface area contributed by atoms with Gasteiger partial charge in [-0.2, -0.15) is 0 Å². The minimum absolute atomic E-state index is 0.0159. The summed E-state index contributed by atoms with van der Waals surface area (Å²) in [7, 11) is 1.61. The highest BCUT2D eigenvalue weighted by molar-refractivity contribution is 6.06. The molecular weight excluding hydrogens is 322 g/mol. The van der Waals surface area contributed by atoms with E-state index in [1.165, 1.54) is 4.90 Å². The number of benzene rings is 1. The fraction of sp³-hybridized carbons (Fsp3) is 0.579. The van der Waals surface area contributed by atoms with Crippen LogP contribution in [0.4, 0.5) is 0 Å². The number of nitrogens with zero attached hydrogens (tertiary/aromatic N) is 1. The summed E-state index contributed by atoms with van der Waals surface area (Å²) in [4.78, 5) is 26.0. The minimum atomic E-state index is -0.872. The molecule has 1 atom stereocenters. The van der Waals surface area contributed by atoms with E-state index in [1.807, 2.05) is 24.3 Å². The van der Waals surface area contributed by atoms with Crippen molar-refractivity contribution in [2.45, 2.75) is 44.8 Å². The van der Waals surface area contributed by atoms with Crippen LogP contribution in [-0.2, 0) is 20.9 Å². The number of ether oxygens (including phenoxy) is 2. The fourth-order valence-electron chi connectivity index (χ4n) is 3.79. The third-order valence-electron chi connectivity index (χ3n) is 5.18. The number of aliphatic hydroxyl groups excluding tert-OH is 1. The van der Waals surface area contributed by atoms with Crippen LogP contribution < -0.4 is 4.74 Å². The summed E-state index contributed by atoms with van der Waals surface area (Å²) in [5, 5.41) is 10.1. The smallest absolute Gasteiger partial charge is 0.235 e. The molecule has 6 heteroatoms. The van der Waals surface area contributed by atoms with Crippen molar-refractivity contribution in [2.24, 2.45) is 5.41 Å². The summed E-state index contributed by atoms with van der Waals surface area (Å²) in [6.07, 6.45) is 3.00. The molecule has 1 aliphatic heterocycles. The summed E-state index contributed by atoms with van der Waals surface area (Å²) in [5.74, 6) is 0.501. The molecular formula is C19H25NO5. The maximum absolute atomic E-state index is 12.6. The molecule has 1 N–H and O–H groups in total. The molecule has 0 radical (unpaired) electrons. The Labute approximate surface area is 147 Å². The Morgan fingerprint density at radius 3 is 2.52 bits per heavy atom. The lowest BCUT2D eigenvalue weighted by Crippen LogP contribution is -2.40. The second kappa shape index (κ2) is 7.54. The number of hydrogen-bond donors (Lipinski definition) is 1. The van der Waals surface area contributed by atoms with E-state index in [-0.39, 0.29) is 25.0 Å².